The van der Waals surface area contributed by atoms with Crippen molar-refractivity contribution >= 4 is 190 Å². The summed E-state index contributed by atoms with van der Waals surface area (Å²) in [7, 11) is 0. The third kappa shape index (κ3) is 6.19. The van der Waals surface area contributed by atoms with E-state index in [0.717, 1.165) is 0 Å². The van der Waals surface area contributed by atoms with Gasteiger partial charge in [0.2, 0.25) is 14.6 Å². The first-order valence-electron chi connectivity index (χ1n) is 6.13. The van der Waals surface area contributed by atoms with Crippen molar-refractivity contribution in [3.05, 3.63) is 0 Å². The second-order valence-corrected chi connectivity index (χ2v) is 134. The van der Waals surface area contributed by atoms with Gasteiger partial charge in [-0.3, -0.25) is 0 Å². The van der Waals surface area contributed by atoms with Crippen molar-refractivity contribution in [2.45, 2.75) is 39.8 Å². The molecule has 0 unspecified atom stereocenters. The normalized spacial score (nSPS) is 15.9. The molecule has 0 atom stereocenters. The number of halogens is 11. The van der Waals surface area contributed by atoms with Gasteiger partial charge in [0.15, 0.2) is 0 Å². The van der Waals surface area contributed by atoms with Gasteiger partial charge in [-0.25, -0.2) is 0 Å². The van der Waals surface area contributed by atoms with Gasteiger partial charge in [-0.2, -0.15) is 0 Å². The van der Waals surface area contributed by atoms with Crippen LogP contribution in [0.4, 0.5) is 0 Å². The van der Waals surface area contributed by atoms with Gasteiger partial charge in [0.25, 0.3) is 6.90 Å². The van der Waals surface area contributed by atoms with E-state index in [1.165, 1.54) is 0 Å². The zero-order chi connectivity index (χ0) is 19.2. The summed E-state index contributed by atoms with van der Waals surface area (Å²) in [5.41, 5.74) is 0. The monoisotopic (exact) mass is 1110 g/mol. The lowest BCUT2D eigenvalue weighted by atomic mass is 10.3. The van der Waals surface area contributed by atoms with E-state index in [9.17, 15) is 0 Å². The summed E-state index contributed by atoms with van der Waals surface area (Å²) in [6, 6.07) is 0.801. The first-order valence-corrected chi connectivity index (χ1v) is 44.9. The Morgan fingerprint density at radius 2 is 0.739 bits per heavy atom. The van der Waals surface area contributed by atoms with Crippen LogP contribution in [-0.4, -0.2) is 38.1 Å². The minimum atomic E-state index is -2.30. The highest BCUT2D eigenvalue weighted by atomic mass is 80.0. The fraction of sp³-hybridized carbons (Fsp3) is 1.00. The fourth-order valence-corrected chi connectivity index (χ4v) is 276. The molecule has 0 N–H and O–H groups in total. The number of rotatable bonds is 7. The van der Waals surface area contributed by atoms with Crippen LogP contribution in [0.2, 0.25) is 0 Å². The first-order chi connectivity index (χ1) is 9.76. The Kier molecular flexibility index (Phi) is 13.1. The third-order valence-corrected chi connectivity index (χ3v) is 245. The summed E-state index contributed by atoms with van der Waals surface area (Å²) in [5, 5.41) is 0. The van der Waals surface area contributed by atoms with Gasteiger partial charge < -0.3 is 4.57 Å². The van der Waals surface area contributed by atoms with Crippen LogP contribution in [-0.2, 0) is 0 Å². The van der Waals surface area contributed by atoms with E-state index in [1.54, 1.807) is 0 Å². The molecule has 0 aliphatic carbocycles. The van der Waals surface area contributed by atoms with Crippen molar-refractivity contribution in [1.82, 2.24) is 4.57 Å². The molecule has 0 aromatic rings. The zero-order valence-corrected chi connectivity index (χ0v) is 34.7. The number of hydrogen-bond donors (Lipinski definition) is 0. The van der Waals surface area contributed by atoms with Gasteiger partial charge in [-0.1, -0.05) is 119 Å². The van der Waals surface area contributed by atoms with Crippen LogP contribution < -0.4 is 0 Å². The summed E-state index contributed by atoms with van der Waals surface area (Å²) >= 11 is 44.6. The van der Waals surface area contributed by atoms with E-state index < -0.39 is 21.5 Å². The summed E-state index contributed by atoms with van der Waals surface area (Å²) < 4.78 is -5.80. The lowest BCUT2D eigenvalue weighted by Gasteiger charge is -2.55. The molecule has 0 rings (SSSR count). The van der Waals surface area contributed by atoms with Crippen molar-refractivity contribution in [3.63, 3.8) is 0 Å². The van der Waals surface area contributed by atoms with Crippen LogP contribution in [0.25, 0.3) is 0 Å². The van der Waals surface area contributed by atoms with E-state index in [2.05, 4.69) is 200 Å². The molecule has 0 heterocycles. The molecule has 0 aliphatic heterocycles. The maximum atomic E-state index is 4.36. The van der Waals surface area contributed by atoms with Crippen LogP contribution in [0.5, 0.6) is 0 Å². The van der Waals surface area contributed by atoms with Crippen molar-refractivity contribution in [3.8, 4) is 0 Å². The molecule has 0 saturated carbocycles. The largest absolute Gasteiger partial charge is 0.312 e. The maximum absolute atomic E-state index is 4.36. The molecule has 0 saturated heterocycles. The van der Waals surface area contributed by atoms with Crippen molar-refractivity contribution in [2.75, 3.05) is 0 Å². The maximum Gasteiger partial charge on any atom is 0.278 e. The summed E-state index contributed by atoms with van der Waals surface area (Å²) in [4.78, 5) is 0. The molecule has 0 aromatic heterocycles. The topological polar surface area (TPSA) is 3.24 Å². The van der Waals surface area contributed by atoms with Gasteiger partial charge in [0, 0.05) is 0 Å². The lowest BCUT2D eigenvalue weighted by Crippen LogP contribution is -2.84. The summed E-state index contributed by atoms with van der Waals surface area (Å²) in [6.07, 6.45) is 0. The Bertz CT molecular complexity index is 384. The molecule has 0 aliphatic rings. The molecule has 0 aromatic carbocycles. The Labute approximate surface area is 229 Å². The predicted octanol–water partition coefficient (Wildman–Crippen LogP) is 8.97. The van der Waals surface area contributed by atoms with E-state index in [0.29, 0.717) is 12.1 Å². The average Bonchev–Trinajstić information content (AvgIpc) is 2.23. The highest BCUT2D eigenvalue weighted by Gasteiger charge is 2.79. The number of nitrogens with zero attached hydrogens (tertiary/aromatic N) is 1. The summed E-state index contributed by atoms with van der Waals surface area (Å²) in [5.74, 6) is -2.30. The number of hydrogen-bond acceptors (Lipinski definition) is 1. The molecule has 0 radical (unpaired) electrons. The van der Waals surface area contributed by atoms with Gasteiger partial charge in [0.1, 0.15) is 0 Å². The molecule has 17 heteroatoms. The van der Waals surface area contributed by atoms with E-state index in [4.69, 9.17) is 0 Å². The van der Waals surface area contributed by atoms with Crippen LogP contribution in [0.15, 0.2) is 0 Å². The third-order valence-electron chi connectivity index (χ3n) is 3.01. The van der Waals surface area contributed by atoms with Crippen LogP contribution in [0.1, 0.15) is 27.7 Å². The van der Waals surface area contributed by atoms with Crippen molar-refractivity contribution in [1.29, 1.82) is 0 Å². The predicted molar refractivity (Wildman–Crippen MR) is 159 cm³/mol. The van der Waals surface area contributed by atoms with Crippen LogP contribution in [0.3, 0.4) is 0 Å². The zero-order valence-electron chi connectivity index (χ0n) is 12.3. The van der Waals surface area contributed by atoms with Crippen molar-refractivity contribution < 1.29 is 0 Å². The van der Waals surface area contributed by atoms with E-state index in [-0.39, 0.29) is 0 Å². The van der Waals surface area contributed by atoms with Gasteiger partial charge >= 0.3 is 0 Å². The SMILES string of the molecule is CC(C)N(C(C)C)[Si](Br)([Si](Br)(Br)[Si](Br)(Br)Br)[Si](Br)(Br)[Si](Br)(Br)Br. The molecule has 0 bridgehead atoms. The quantitative estimate of drug-likeness (QED) is 0.182. The Hall–Kier alpha value is 6.32. The average molecular weight is 1120 g/mol. The van der Waals surface area contributed by atoms with Crippen LogP contribution in [0, 0.1) is 0 Å². The minimum Gasteiger partial charge on any atom is -0.312 e. The Balaban J connectivity index is 6.79. The molecule has 1 nitrogen and oxygen atoms in total. The van der Waals surface area contributed by atoms with E-state index in [1.807, 2.05) is 0 Å². The van der Waals surface area contributed by atoms with Gasteiger partial charge in [-0.05, 0) is 12.1 Å². The second-order valence-electron chi connectivity index (χ2n) is 5.36. The standard InChI is InChI=1S/C6H14Br11NSi5/c1-5(2)18(6(3)4)23(17,21(13,14)19(7,8)9)22(15,16)20(10,11)12/h5-6H,1-4H3. The van der Waals surface area contributed by atoms with E-state index >= 15 is 0 Å². The summed E-state index contributed by atoms with van der Waals surface area (Å²) in [6.45, 7) is 9.05. The van der Waals surface area contributed by atoms with Gasteiger partial charge in [0.05, 0.1) is 0 Å². The van der Waals surface area contributed by atoms with Crippen molar-refractivity contribution in [2.24, 2.45) is 0 Å². The minimum absolute atomic E-state index is 0.401. The van der Waals surface area contributed by atoms with Crippen LogP contribution >= 0.6 is 168 Å². The van der Waals surface area contributed by atoms with Gasteiger partial charge in [-0.15, -0.1) is 76.5 Å². The molecule has 0 amide bonds. The molecular weight excluding hydrogens is 1110 g/mol. The molecule has 0 spiro atoms. The molecule has 140 valence electrons. The smallest absolute Gasteiger partial charge is 0.278 e. The molecule has 0 fully saturated rings. The molecule has 23 heavy (non-hydrogen) atoms. The highest BCUT2D eigenvalue weighted by molar-refractivity contribution is 9.86. The lowest BCUT2D eigenvalue weighted by molar-refractivity contribution is 0.312. The fourth-order valence-electron chi connectivity index (χ4n) is 2.20. The Morgan fingerprint density at radius 3 is 0.870 bits per heavy atom. The Morgan fingerprint density at radius 1 is 0.522 bits per heavy atom. The second kappa shape index (κ2) is 10.3. The first kappa shape index (κ1) is 29.3. The molecular formula is C6H14Br11NSi5. The highest BCUT2D eigenvalue weighted by Crippen LogP contribution is 2.62.